The van der Waals surface area contributed by atoms with E-state index in [-0.39, 0.29) is 5.78 Å². The molecular weight excluding hydrogens is 941 g/mol. The monoisotopic (exact) mass is 986 g/mol. The van der Waals surface area contributed by atoms with Gasteiger partial charge in [-0.15, -0.1) is 0 Å². The van der Waals surface area contributed by atoms with Crippen LogP contribution in [-0.4, -0.2) is 5.78 Å². The van der Waals surface area contributed by atoms with Crippen LogP contribution in [0, 0.1) is 0 Å². The minimum absolute atomic E-state index is 0.0293. The molecule has 0 N–H and O–H groups in total. The van der Waals surface area contributed by atoms with E-state index in [1.54, 1.807) is 0 Å². The van der Waals surface area contributed by atoms with Crippen molar-refractivity contribution in [2.45, 2.75) is 22.7 Å². The standard InChI is InChI=1S/C77H46O/c78-74(48-35-39-60-56-23-6-14-30-67(56)76(72(60)44-48)64-27-11-3-19-52(64)53-20-4-12-28-65(53)76)49-36-40-61-57-24-8-16-32-69(57)77(73(61)45-49)68-31-15-7-22-55(68)59-38-34-47(43-71(59)77)41-46-33-37-58-54-21-5-13-29-66(54)75(70(58)42-46)62-25-9-1-17-50(62)51-18-2-10-26-63(51)75/h1-40,42-45H,41H2. The molecule has 0 saturated heterocycles. The van der Waals surface area contributed by atoms with Gasteiger partial charge < -0.3 is 0 Å². The molecule has 0 amide bonds. The minimum atomic E-state index is -0.633. The SMILES string of the molecule is O=C(c1ccc2c(c1)C1(c3ccccc3-c3ccccc31)c1ccccc1-2)c1ccc2c(c1)C1(c3ccccc3-c3ccc(Cc4ccc5c(c4)C4(c6ccccc6-c6ccccc64)c4ccccc4-5)cc31)c1ccccc1-2. The number of carbonyl (C=O) groups excluding carboxylic acids is 1. The van der Waals surface area contributed by atoms with E-state index in [1.807, 2.05) is 0 Å². The van der Waals surface area contributed by atoms with E-state index < -0.39 is 16.2 Å². The molecule has 1 atom stereocenters. The molecule has 6 aliphatic rings. The fraction of sp³-hybridized carbons (Fsp3) is 0.0519. The maximum absolute atomic E-state index is 15.6. The van der Waals surface area contributed by atoms with Crippen molar-refractivity contribution in [2.75, 3.05) is 0 Å². The molecule has 360 valence electrons. The third kappa shape index (κ3) is 4.98. The number of hydrogen-bond acceptors (Lipinski definition) is 1. The van der Waals surface area contributed by atoms with Crippen molar-refractivity contribution in [3.8, 4) is 66.8 Å². The van der Waals surface area contributed by atoms with E-state index >= 15 is 4.79 Å². The lowest BCUT2D eigenvalue weighted by molar-refractivity contribution is 0.103. The Balaban J connectivity index is 0.785. The summed E-state index contributed by atoms with van der Waals surface area (Å²) in [6.45, 7) is 0. The molecule has 0 fully saturated rings. The fourth-order valence-electron chi connectivity index (χ4n) is 16.3. The van der Waals surface area contributed by atoms with Gasteiger partial charge in [0.1, 0.15) is 0 Å². The number of rotatable bonds is 4. The van der Waals surface area contributed by atoms with E-state index in [1.165, 1.54) is 139 Å². The normalized spacial score (nSPS) is 16.3. The molecule has 0 radical (unpaired) electrons. The lowest BCUT2D eigenvalue weighted by atomic mass is 9.69. The Morgan fingerprint density at radius 3 is 0.692 bits per heavy atom. The van der Waals surface area contributed by atoms with Gasteiger partial charge in [0.2, 0.25) is 0 Å². The fourth-order valence-corrected chi connectivity index (χ4v) is 16.3. The molecule has 0 aliphatic heterocycles. The van der Waals surface area contributed by atoms with Crippen LogP contribution in [0.15, 0.2) is 267 Å². The first-order valence-corrected chi connectivity index (χ1v) is 27.5. The maximum atomic E-state index is 15.6. The van der Waals surface area contributed by atoms with Crippen LogP contribution in [0.3, 0.4) is 0 Å². The molecule has 1 heteroatoms. The van der Waals surface area contributed by atoms with Crippen LogP contribution in [0.2, 0.25) is 0 Å². The van der Waals surface area contributed by atoms with E-state index in [0.717, 1.165) is 12.0 Å². The number of benzene rings is 12. The van der Waals surface area contributed by atoms with Crippen LogP contribution >= 0.6 is 0 Å². The number of hydrogen-bond donors (Lipinski definition) is 0. The topological polar surface area (TPSA) is 17.1 Å². The summed E-state index contributed by atoms with van der Waals surface area (Å²) in [5.74, 6) is 0.0293. The van der Waals surface area contributed by atoms with Crippen molar-refractivity contribution in [3.63, 3.8) is 0 Å². The lowest BCUT2D eigenvalue weighted by Gasteiger charge is -2.31. The van der Waals surface area contributed by atoms with Gasteiger partial charge in [0, 0.05) is 11.1 Å². The Labute approximate surface area is 453 Å². The van der Waals surface area contributed by atoms with Crippen LogP contribution < -0.4 is 0 Å². The zero-order chi connectivity index (χ0) is 51.1. The first-order valence-electron chi connectivity index (χ1n) is 27.5. The molecule has 12 aromatic rings. The highest BCUT2D eigenvalue weighted by Crippen LogP contribution is 2.66. The molecule has 1 nitrogen and oxygen atoms in total. The van der Waals surface area contributed by atoms with Gasteiger partial charge in [-0.2, -0.15) is 0 Å². The molecule has 1 unspecified atom stereocenters. The molecule has 6 aliphatic carbocycles. The van der Waals surface area contributed by atoms with Crippen LogP contribution in [0.4, 0.5) is 0 Å². The summed E-state index contributed by atoms with van der Waals surface area (Å²) in [5.41, 5.74) is 32.9. The van der Waals surface area contributed by atoms with Gasteiger partial charge in [-0.3, -0.25) is 4.79 Å². The molecular formula is C77H46O. The molecule has 78 heavy (non-hydrogen) atoms. The summed E-state index contributed by atoms with van der Waals surface area (Å²) in [6, 6.07) is 99.3. The zero-order valence-corrected chi connectivity index (χ0v) is 42.5. The predicted octanol–water partition coefficient (Wildman–Crippen LogP) is 17.5. The summed E-state index contributed by atoms with van der Waals surface area (Å²) >= 11 is 0. The number of fused-ring (bicyclic) bond motifs is 30. The summed E-state index contributed by atoms with van der Waals surface area (Å²) in [6.07, 6.45) is 0.772. The average Bonchev–Trinajstić information content (AvgIpc) is 4.49. The second-order valence-corrected chi connectivity index (χ2v) is 22.4. The summed E-state index contributed by atoms with van der Waals surface area (Å²) < 4.78 is 0. The minimum Gasteiger partial charge on any atom is -0.289 e. The van der Waals surface area contributed by atoms with E-state index in [9.17, 15) is 0 Å². The highest BCUT2D eigenvalue weighted by Gasteiger charge is 2.55. The van der Waals surface area contributed by atoms with Crippen molar-refractivity contribution in [1.29, 1.82) is 0 Å². The number of ketones is 1. The summed E-state index contributed by atoms with van der Waals surface area (Å²) in [5, 5.41) is 0. The van der Waals surface area contributed by atoms with E-state index in [4.69, 9.17) is 0 Å². The Morgan fingerprint density at radius 2 is 0.423 bits per heavy atom. The molecule has 18 rings (SSSR count). The quantitative estimate of drug-likeness (QED) is 0.161. The summed E-state index contributed by atoms with van der Waals surface area (Å²) in [7, 11) is 0. The van der Waals surface area contributed by atoms with Crippen LogP contribution in [0.5, 0.6) is 0 Å². The smallest absolute Gasteiger partial charge is 0.193 e. The Morgan fingerprint density at radius 1 is 0.218 bits per heavy atom. The Hall–Kier alpha value is -9.69. The van der Waals surface area contributed by atoms with Crippen molar-refractivity contribution in [3.05, 3.63) is 356 Å². The average molecular weight is 987 g/mol. The third-order valence-corrected chi connectivity index (χ3v) is 19.1. The highest BCUT2D eigenvalue weighted by atomic mass is 16.1. The molecule has 0 saturated carbocycles. The van der Waals surface area contributed by atoms with Gasteiger partial charge in [0.25, 0.3) is 0 Å². The molecule has 0 bridgehead atoms. The van der Waals surface area contributed by atoms with Gasteiger partial charge in [0.05, 0.1) is 16.2 Å². The first kappa shape index (κ1) is 42.5. The van der Waals surface area contributed by atoms with Gasteiger partial charge in [-0.1, -0.05) is 255 Å². The van der Waals surface area contributed by atoms with Crippen molar-refractivity contribution in [2.24, 2.45) is 0 Å². The first-order chi connectivity index (χ1) is 38.6. The Kier molecular flexibility index (Phi) is 8.20. The maximum Gasteiger partial charge on any atom is 0.193 e. The Bertz CT molecular complexity index is 4560. The van der Waals surface area contributed by atoms with E-state index in [2.05, 4.69) is 267 Å². The second kappa shape index (κ2) is 15.0. The lowest BCUT2D eigenvalue weighted by Crippen LogP contribution is -2.26. The number of carbonyl (C=O) groups is 1. The van der Waals surface area contributed by atoms with Crippen molar-refractivity contribution in [1.82, 2.24) is 0 Å². The van der Waals surface area contributed by atoms with Gasteiger partial charge in [-0.25, -0.2) is 0 Å². The van der Waals surface area contributed by atoms with Crippen molar-refractivity contribution < 1.29 is 4.79 Å². The van der Waals surface area contributed by atoms with E-state index in [0.29, 0.717) is 11.1 Å². The molecule has 12 aromatic carbocycles. The largest absolute Gasteiger partial charge is 0.289 e. The molecule has 0 aromatic heterocycles. The van der Waals surface area contributed by atoms with Gasteiger partial charge in [-0.05, 0) is 163 Å². The zero-order valence-electron chi connectivity index (χ0n) is 42.5. The van der Waals surface area contributed by atoms with Crippen LogP contribution in [0.25, 0.3) is 66.8 Å². The molecule has 3 spiro atoms. The predicted molar refractivity (Wildman–Crippen MR) is 314 cm³/mol. The highest BCUT2D eigenvalue weighted by molar-refractivity contribution is 6.11. The second-order valence-electron chi connectivity index (χ2n) is 22.4. The van der Waals surface area contributed by atoms with Crippen molar-refractivity contribution >= 4 is 5.78 Å². The summed E-state index contributed by atoms with van der Waals surface area (Å²) in [4.78, 5) is 15.6. The van der Waals surface area contributed by atoms with Gasteiger partial charge in [0.15, 0.2) is 5.78 Å². The molecule has 0 heterocycles. The van der Waals surface area contributed by atoms with Crippen LogP contribution in [-0.2, 0) is 22.7 Å². The van der Waals surface area contributed by atoms with Crippen LogP contribution in [0.1, 0.15) is 93.8 Å². The van der Waals surface area contributed by atoms with Gasteiger partial charge >= 0.3 is 0 Å². The third-order valence-electron chi connectivity index (χ3n) is 19.1.